The molecule has 0 fully saturated rings. The number of anilines is 2. The summed E-state index contributed by atoms with van der Waals surface area (Å²) >= 11 is 12.8. The summed E-state index contributed by atoms with van der Waals surface area (Å²) in [6.07, 6.45) is 0. The van der Waals surface area contributed by atoms with Gasteiger partial charge in [-0.05, 0) is 42.5 Å². The molecule has 0 radical (unpaired) electrons. The molecule has 0 aliphatic heterocycles. The average molecular weight is 415 g/mol. The van der Waals surface area contributed by atoms with E-state index in [1.54, 1.807) is 43.4 Å². The van der Waals surface area contributed by atoms with E-state index >= 15 is 0 Å². The highest BCUT2D eigenvalue weighted by Crippen LogP contribution is 2.37. The van der Waals surface area contributed by atoms with Crippen LogP contribution in [0.4, 0.5) is 16.0 Å². The van der Waals surface area contributed by atoms with Gasteiger partial charge in [0.15, 0.2) is 0 Å². The Labute approximate surface area is 169 Å². The molecule has 28 heavy (non-hydrogen) atoms. The Morgan fingerprint density at radius 1 is 0.964 bits per heavy atom. The molecule has 8 heteroatoms. The zero-order valence-corrected chi connectivity index (χ0v) is 16.1. The Hall–Kier alpha value is -2.96. The van der Waals surface area contributed by atoms with Gasteiger partial charge >= 0.3 is 0 Å². The van der Waals surface area contributed by atoms with Crippen LogP contribution in [0.3, 0.4) is 0 Å². The quantitative estimate of drug-likeness (QED) is 0.501. The molecule has 0 amide bonds. The summed E-state index contributed by atoms with van der Waals surface area (Å²) in [6.45, 7) is 0. The molecule has 5 nitrogen and oxygen atoms in total. The molecule has 0 saturated heterocycles. The van der Waals surface area contributed by atoms with E-state index in [2.05, 4.69) is 15.3 Å². The predicted octanol–water partition coefficient (Wildman–Crippen LogP) is 5.19. The standard InChI is InChI=1S/C20H13Cl2FN4O/c1-27-16(28)10-9-13-18(17-14(21)3-2-4-15(17)22)25-20(26-19(13)27)24-12-7-5-11(23)6-8-12/h2-10H,1H3,(H,24,25,26). The minimum absolute atomic E-state index is 0.213. The fourth-order valence-corrected chi connectivity index (χ4v) is 3.45. The maximum atomic E-state index is 13.2. The third-order valence-corrected chi connectivity index (χ3v) is 4.90. The van der Waals surface area contributed by atoms with Crippen molar-refractivity contribution < 1.29 is 4.39 Å². The van der Waals surface area contributed by atoms with Crippen molar-refractivity contribution in [3.05, 3.63) is 80.8 Å². The molecule has 0 unspecified atom stereocenters. The highest BCUT2D eigenvalue weighted by molar-refractivity contribution is 6.39. The van der Waals surface area contributed by atoms with E-state index in [0.717, 1.165) is 0 Å². The van der Waals surface area contributed by atoms with Crippen molar-refractivity contribution in [3.63, 3.8) is 0 Å². The Balaban J connectivity index is 1.98. The summed E-state index contributed by atoms with van der Waals surface area (Å²) < 4.78 is 14.6. The molecule has 0 bridgehead atoms. The van der Waals surface area contributed by atoms with Crippen molar-refractivity contribution in [1.29, 1.82) is 0 Å². The maximum Gasteiger partial charge on any atom is 0.251 e. The molecule has 4 rings (SSSR count). The molecule has 0 atom stereocenters. The summed E-state index contributed by atoms with van der Waals surface area (Å²) in [5, 5.41) is 4.51. The smallest absolute Gasteiger partial charge is 0.251 e. The second kappa shape index (κ2) is 7.22. The number of nitrogens with one attached hydrogen (secondary N) is 1. The number of aromatic nitrogens is 3. The molecule has 2 aromatic carbocycles. The Kier molecular flexibility index (Phi) is 4.75. The number of aryl methyl sites for hydroxylation is 1. The molecule has 2 aromatic heterocycles. The molecule has 0 spiro atoms. The number of hydrogen-bond acceptors (Lipinski definition) is 4. The van der Waals surface area contributed by atoms with E-state index < -0.39 is 0 Å². The Morgan fingerprint density at radius 2 is 1.64 bits per heavy atom. The van der Waals surface area contributed by atoms with Crippen molar-refractivity contribution >= 4 is 45.9 Å². The minimum Gasteiger partial charge on any atom is -0.324 e. The van der Waals surface area contributed by atoms with Gasteiger partial charge in [-0.15, -0.1) is 0 Å². The van der Waals surface area contributed by atoms with Gasteiger partial charge in [-0.2, -0.15) is 4.98 Å². The van der Waals surface area contributed by atoms with Crippen LogP contribution in [0.15, 0.2) is 59.4 Å². The fourth-order valence-electron chi connectivity index (χ4n) is 2.87. The molecule has 0 aliphatic carbocycles. The lowest BCUT2D eigenvalue weighted by atomic mass is 10.1. The summed E-state index contributed by atoms with van der Waals surface area (Å²) in [5.41, 5.74) is 1.82. The minimum atomic E-state index is -0.351. The van der Waals surface area contributed by atoms with Crippen molar-refractivity contribution in [1.82, 2.24) is 14.5 Å². The van der Waals surface area contributed by atoms with E-state index in [1.165, 1.54) is 22.8 Å². The number of nitrogens with zero attached hydrogens (tertiary/aromatic N) is 3. The van der Waals surface area contributed by atoms with Gasteiger partial charge in [0.05, 0.1) is 15.7 Å². The van der Waals surface area contributed by atoms with Crippen molar-refractivity contribution in [2.24, 2.45) is 7.05 Å². The molecule has 0 aliphatic rings. The lowest BCUT2D eigenvalue weighted by Crippen LogP contribution is -2.17. The maximum absolute atomic E-state index is 13.2. The lowest BCUT2D eigenvalue weighted by Gasteiger charge is -2.14. The molecule has 2 heterocycles. The summed E-state index contributed by atoms with van der Waals surface area (Å²) in [4.78, 5) is 21.2. The predicted molar refractivity (Wildman–Crippen MR) is 110 cm³/mol. The lowest BCUT2D eigenvalue weighted by molar-refractivity contribution is 0.628. The van der Waals surface area contributed by atoms with Gasteiger partial charge in [0.25, 0.3) is 5.56 Å². The highest BCUT2D eigenvalue weighted by atomic mass is 35.5. The SMILES string of the molecule is Cn1c(=O)ccc2c(-c3c(Cl)cccc3Cl)nc(Nc3ccc(F)cc3)nc21. The highest BCUT2D eigenvalue weighted by Gasteiger charge is 2.17. The van der Waals surface area contributed by atoms with Crippen LogP contribution in [0.25, 0.3) is 22.3 Å². The van der Waals surface area contributed by atoms with Gasteiger partial charge in [0.2, 0.25) is 5.95 Å². The van der Waals surface area contributed by atoms with Crippen molar-refractivity contribution in [3.8, 4) is 11.3 Å². The summed E-state index contributed by atoms with van der Waals surface area (Å²) in [5.74, 6) is -0.123. The van der Waals surface area contributed by atoms with Gasteiger partial charge in [0, 0.05) is 29.8 Å². The van der Waals surface area contributed by atoms with E-state index in [9.17, 15) is 9.18 Å². The molecular weight excluding hydrogens is 402 g/mol. The van der Waals surface area contributed by atoms with E-state index in [0.29, 0.717) is 38.0 Å². The third-order valence-electron chi connectivity index (χ3n) is 4.27. The van der Waals surface area contributed by atoms with Gasteiger partial charge < -0.3 is 5.32 Å². The second-order valence-electron chi connectivity index (χ2n) is 6.09. The number of benzene rings is 2. The zero-order chi connectivity index (χ0) is 19.8. The average Bonchev–Trinajstić information content (AvgIpc) is 2.67. The van der Waals surface area contributed by atoms with Crippen molar-refractivity contribution in [2.45, 2.75) is 0 Å². The third kappa shape index (κ3) is 3.32. The summed E-state index contributed by atoms with van der Waals surface area (Å²) in [6, 6.07) is 14.0. The molecular formula is C20H13Cl2FN4O. The summed E-state index contributed by atoms with van der Waals surface area (Å²) in [7, 11) is 1.62. The first-order valence-electron chi connectivity index (χ1n) is 8.29. The van der Waals surface area contributed by atoms with Gasteiger partial charge in [0.1, 0.15) is 11.5 Å². The number of rotatable bonds is 3. The van der Waals surface area contributed by atoms with E-state index in [-0.39, 0.29) is 17.3 Å². The van der Waals surface area contributed by atoms with Crippen LogP contribution >= 0.6 is 23.2 Å². The molecule has 0 saturated carbocycles. The first-order valence-corrected chi connectivity index (χ1v) is 9.04. The fraction of sp³-hybridized carbons (Fsp3) is 0.0500. The van der Waals surface area contributed by atoms with Crippen LogP contribution < -0.4 is 10.9 Å². The van der Waals surface area contributed by atoms with Crippen LogP contribution in [0.5, 0.6) is 0 Å². The largest absolute Gasteiger partial charge is 0.324 e. The number of pyridine rings is 1. The Morgan fingerprint density at radius 3 is 2.32 bits per heavy atom. The molecule has 1 N–H and O–H groups in total. The zero-order valence-electron chi connectivity index (χ0n) is 14.6. The Bertz CT molecular complexity index is 1240. The topological polar surface area (TPSA) is 59.8 Å². The van der Waals surface area contributed by atoms with Crippen LogP contribution in [-0.4, -0.2) is 14.5 Å². The van der Waals surface area contributed by atoms with Crippen molar-refractivity contribution in [2.75, 3.05) is 5.32 Å². The second-order valence-corrected chi connectivity index (χ2v) is 6.91. The van der Waals surface area contributed by atoms with Gasteiger partial charge in [-0.1, -0.05) is 29.3 Å². The number of hydrogen-bond donors (Lipinski definition) is 1. The normalized spacial score (nSPS) is 11.0. The van der Waals surface area contributed by atoms with E-state index in [1.807, 2.05) is 0 Å². The van der Waals surface area contributed by atoms with Crippen LogP contribution in [0, 0.1) is 5.82 Å². The van der Waals surface area contributed by atoms with E-state index in [4.69, 9.17) is 23.2 Å². The van der Waals surface area contributed by atoms with Crippen LogP contribution in [-0.2, 0) is 7.05 Å². The first kappa shape index (κ1) is 18.4. The van der Waals surface area contributed by atoms with Crippen LogP contribution in [0.1, 0.15) is 0 Å². The number of fused-ring (bicyclic) bond motifs is 1. The molecule has 140 valence electrons. The van der Waals surface area contributed by atoms with Gasteiger partial charge in [-0.25, -0.2) is 9.37 Å². The first-order chi connectivity index (χ1) is 13.4. The number of halogens is 3. The van der Waals surface area contributed by atoms with Crippen LogP contribution in [0.2, 0.25) is 10.0 Å². The monoisotopic (exact) mass is 414 g/mol. The van der Waals surface area contributed by atoms with Gasteiger partial charge in [-0.3, -0.25) is 9.36 Å². The molecule has 4 aromatic rings.